The number of pyridine rings is 1. The first kappa shape index (κ1) is 22.7. The lowest BCUT2D eigenvalue weighted by Crippen LogP contribution is -2.12. The molecule has 2 heterocycles. The number of carbonyl (C=O) groups excluding carboxylic acids is 2. The molecule has 0 fully saturated rings. The number of nitrogens with zero attached hydrogens (tertiary/aromatic N) is 3. The maximum Gasteiger partial charge on any atom is 0.255 e. The molecule has 7 nitrogen and oxygen atoms in total. The Morgan fingerprint density at radius 3 is 2.28 bits per heavy atom. The second-order valence-electron chi connectivity index (χ2n) is 8.14. The van der Waals surface area contributed by atoms with Gasteiger partial charge in [0.25, 0.3) is 5.91 Å². The number of ketones is 1. The summed E-state index contributed by atoms with van der Waals surface area (Å²) in [5.74, 6) is 0.815. The first-order valence-electron chi connectivity index (χ1n) is 11.3. The van der Waals surface area contributed by atoms with Gasteiger partial charge in [-0.05, 0) is 30.3 Å². The zero-order valence-electron chi connectivity index (χ0n) is 19.5. The Morgan fingerprint density at radius 2 is 1.53 bits per heavy atom. The minimum Gasteiger partial charge on any atom is -0.457 e. The van der Waals surface area contributed by atoms with Gasteiger partial charge >= 0.3 is 0 Å². The molecular formula is C29H22N4O3. The van der Waals surface area contributed by atoms with Crippen LogP contribution >= 0.6 is 0 Å². The summed E-state index contributed by atoms with van der Waals surface area (Å²) in [4.78, 5) is 29.7. The zero-order valence-corrected chi connectivity index (χ0v) is 19.5. The van der Waals surface area contributed by atoms with Gasteiger partial charge in [0.2, 0.25) is 0 Å². The Morgan fingerprint density at radius 1 is 0.806 bits per heavy atom. The first-order chi connectivity index (χ1) is 17.5. The van der Waals surface area contributed by atoms with Crippen molar-refractivity contribution in [3.63, 3.8) is 0 Å². The second-order valence-corrected chi connectivity index (χ2v) is 8.14. The van der Waals surface area contributed by atoms with Gasteiger partial charge in [-0.15, -0.1) is 0 Å². The van der Waals surface area contributed by atoms with E-state index in [1.165, 1.54) is 0 Å². The SMILES string of the molecule is Cn1cc(-c2cc(Oc3cccc(NC(=O)c4ccc(C(=O)c5ccccc5)cc4)c3)ccn2)cn1. The fourth-order valence-electron chi connectivity index (χ4n) is 3.69. The van der Waals surface area contributed by atoms with E-state index in [0.29, 0.717) is 33.9 Å². The fourth-order valence-corrected chi connectivity index (χ4v) is 3.69. The van der Waals surface area contributed by atoms with Crippen LogP contribution in [0.1, 0.15) is 26.3 Å². The number of hydrogen-bond donors (Lipinski definition) is 1. The summed E-state index contributed by atoms with van der Waals surface area (Å²) in [5.41, 5.74) is 3.80. The third kappa shape index (κ3) is 5.20. The summed E-state index contributed by atoms with van der Waals surface area (Å²) < 4.78 is 7.72. The maximum absolute atomic E-state index is 12.8. The highest BCUT2D eigenvalue weighted by Gasteiger charge is 2.12. The highest BCUT2D eigenvalue weighted by Crippen LogP contribution is 2.27. The summed E-state index contributed by atoms with van der Waals surface area (Å²) in [5, 5.41) is 7.05. The number of ether oxygens (including phenoxy) is 1. The molecule has 5 rings (SSSR count). The molecular weight excluding hydrogens is 452 g/mol. The number of benzene rings is 3. The summed E-state index contributed by atoms with van der Waals surface area (Å²) in [6, 6.07) is 26.4. The number of carbonyl (C=O) groups is 2. The zero-order chi connectivity index (χ0) is 24.9. The van der Waals surface area contributed by atoms with E-state index in [4.69, 9.17) is 4.74 Å². The molecule has 1 N–H and O–H groups in total. The largest absolute Gasteiger partial charge is 0.457 e. The normalized spacial score (nSPS) is 10.6. The van der Waals surface area contributed by atoms with E-state index < -0.39 is 0 Å². The first-order valence-corrected chi connectivity index (χ1v) is 11.3. The van der Waals surface area contributed by atoms with Crippen LogP contribution in [0.2, 0.25) is 0 Å². The van der Waals surface area contributed by atoms with Gasteiger partial charge in [-0.3, -0.25) is 19.3 Å². The van der Waals surface area contributed by atoms with E-state index in [2.05, 4.69) is 15.4 Å². The molecule has 0 atom stereocenters. The number of amides is 1. The van der Waals surface area contributed by atoms with Gasteiger partial charge in [0.15, 0.2) is 5.78 Å². The second kappa shape index (κ2) is 10.1. The van der Waals surface area contributed by atoms with Crippen molar-refractivity contribution in [3.05, 3.63) is 126 Å². The van der Waals surface area contributed by atoms with Crippen molar-refractivity contribution < 1.29 is 14.3 Å². The topological polar surface area (TPSA) is 86.1 Å². The van der Waals surface area contributed by atoms with Crippen molar-refractivity contribution in [3.8, 4) is 22.8 Å². The standard InChI is InChI=1S/C29H22N4O3/c1-33-19-23(18-31-33)27-17-26(14-15-30-27)36-25-9-5-8-24(16-25)32-29(35)22-12-10-21(11-13-22)28(34)20-6-3-2-4-7-20/h2-19H,1H3,(H,32,35). The number of anilines is 1. The molecule has 36 heavy (non-hydrogen) atoms. The van der Waals surface area contributed by atoms with Gasteiger partial charge in [0.1, 0.15) is 11.5 Å². The lowest BCUT2D eigenvalue weighted by molar-refractivity contribution is 0.102. The van der Waals surface area contributed by atoms with Crippen LogP contribution in [0.25, 0.3) is 11.3 Å². The minimum atomic E-state index is -0.284. The third-order valence-corrected chi connectivity index (χ3v) is 5.50. The molecule has 3 aromatic carbocycles. The van der Waals surface area contributed by atoms with Crippen molar-refractivity contribution >= 4 is 17.4 Å². The summed E-state index contributed by atoms with van der Waals surface area (Å²) in [6.45, 7) is 0. The maximum atomic E-state index is 12.8. The van der Waals surface area contributed by atoms with Crippen LogP contribution in [0.3, 0.4) is 0 Å². The molecule has 176 valence electrons. The molecule has 0 aliphatic heterocycles. The molecule has 0 aliphatic rings. The van der Waals surface area contributed by atoms with E-state index in [1.807, 2.05) is 43.6 Å². The van der Waals surface area contributed by atoms with E-state index in [1.54, 1.807) is 77.7 Å². The molecule has 0 spiro atoms. The predicted octanol–water partition coefficient (Wildman–Crippen LogP) is 5.76. The van der Waals surface area contributed by atoms with E-state index in [9.17, 15) is 9.59 Å². The predicted molar refractivity (Wildman–Crippen MR) is 137 cm³/mol. The number of rotatable bonds is 7. The van der Waals surface area contributed by atoms with Crippen molar-refractivity contribution in [1.29, 1.82) is 0 Å². The molecule has 5 aromatic rings. The van der Waals surface area contributed by atoms with Gasteiger partial charge in [0.05, 0.1) is 11.9 Å². The van der Waals surface area contributed by atoms with Crippen LogP contribution < -0.4 is 10.1 Å². The van der Waals surface area contributed by atoms with Crippen LogP contribution in [0.4, 0.5) is 5.69 Å². The summed E-state index contributed by atoms with van der Waals surface area (Å²) in [6.07, 6.45) is 5.30. The highest BCUT2D eigenvalue weighted by molar-refractivity contribution is 6.10. The van der Waals surface area contributed by atoms with Gasteiger partial charge in [-0.1, -0.05) is 48.5 Å². The Bertz CT molecular complexity index is 1530. The average molecular weight is 475 g/mol. The third-order valence-electron chi connectivity index (χ3n) is 5.50. The van der Waals surface area contributed by atoms with Crippen molar-refractivity contribution in [1.82, 2.24) is 14.8 Å². The van der Waals surface area contributed by atoms with Gasteiger partial charge in [-0.2, -0.15) is 5.10 Å². The van der Waals surface area contributed by atoms with Gasteiger partial charge in [-0.25, -0.2) is 0 Å². The molecule has 0 unspecified atom stereocenters. The van der Waals surface area contributed by atoms with Gasteiger partial charge in [0, 0.05) is 59.5 Å². The monoisotopic (exact) mass is 474 g/mol. The van der Waals surface area contributed by atoms with Crippen LogP contribution in [0.15, 0.2) is 110 Å². The molecule has 0 bridgehead atoms. The summed E-state index contributed by atoms with van der Waals surface area (Å²) in [7, 11) is 1.85. The van der Waals surface area contributed by atoms with Crippen molar-refractivity contribution in [2.24, 2.45) is 7.05 Å². The van der Waals surface area contributed by atoms with Crippen LogP contribution in [0, 0.1) is 0 Å². The number of aryl methyl sites for hydroxylation is 1. The van der Waals surface area contributed by atoms with E-state index in [0.717, 1.165) is 11.3 Å². The molecule has 0 saturated heterocycles. The molecule has 0 aliphatic carbocycles. The summed E-state index contributed by atoms with van der Waals surface area (Å²) >= 11 is 0. The number of aromatic nitrogens is 3. The van der Waals surface area contributed by atoms with Gasteiger partial charge < -0.3 is 10.1 Å². The van der Waals surface area contributed by atoms with Crippen LogP contribution in [-0.2, 0) is 7.05 Å². The molecule has 1 amide bonds. The Kier molecular flexibility index (Phi) is 6.36. The Hall–Kier alpha value is -5.04. The molecule has 0 radical (unpaired) electrons. The lowest BCUT2D eigenvalue weighted by atomic mass is 10.0. The molecule has 7 heteroatoms. The lowest BCUT2D eigenvalue weighted by Gasteiger charge is -2.10. The van der Waals surface area contributed by atoms with Crippen molar-refractivity contribution in [2.75, 3.05) is 5.32 Å². The minimum absolute atomic E-state index is 0.0878. The Balaban J connectivity index is 1.26. The smallest absolute Gasteiger partial charge is 0.255 e. The molecule has 2 aromatic heterocycles. The van der Waals surface area contributed by atoms with E-state index in [-0.39, 0.29) is 11.7 Å². The number of nitrogens with one attached hydrogen (secondary N) is 1. The molecule has 0 saturated carbocycles. The quantitative estimate of drug-likeness (QED) is 0.303. The highest BCUT2D eigenvalue weighted by atomic mass is 16.5. The fraction of sp³-hybridized carbons (Fsp3) is 0.0345. The average Bonchev–Trinajstić information content (AvgIpc) is 3.35. The van der Waals surface area contributed by atoms with Crippen LogP contribution in [-0.4, -0.2) is 26.5 Å². The Labute approximate surface area is 208 Å². The number of hydrogen-bond acceptors (Lipinski definition) is 5. The van der Waals surface area contributed by atoms with Crippen LogP contribution in [0.5, 0.6) is 11.5 Å². The van der Waals surface area contributed by atoms with Crippen molar-refractivity contribution in [2.45, 2.75) is 0 Å². The van der Waals surface area contributed by atoms with E-state index >= 15 is 0 Å².